The van der Waals surface area contributed by atoms with Crippen LogP contribution < -0.4 is 5.73 Å². The lowest BCUT2D eigenvalue weighted by Gasteiger charge is -2.11. The van der Waals surface area contributed by atoms with Gasteiger partial charge >= 0.3 is 5.97 Å². The number of nitrogens with zero attached hydrogens (tertiary/aromatic N) is 1. The first kappa shape index (κ1) is 13.7. The van der Waals surface area contributed by atoms with Gasteiger partial charge in [0.05, 0.1) is 5.69 Å². The van der Waals surface area contributed by atoms with Crippen LogP contribution in [0.3, 0.4) is 0 Å². The standard InChI is InChI=1S/C15H13FN2O2/c1-3-10-12(17)11(16)13(18-14(10)15(19)20)9-6-4-8(2)5-7-9/h3-7H,1H2,2H3,(H2,17,18)(H,19,20). The van der Waals surface area contributed by atoms with E-state index in [-0.39, 0.29) is 22.6 Å². The summed E-state index contributed by atoms with van der Waals surface area (Å²) >= 11 is 0. The molecule has 1 heterocycles. The summed E-state index contributed by atoms with van der Waals surface area (Å²) in [6.07, 6.45) is 1.19. The topological polar surface area (TPSA) is 76.2 Å². The Kier molecular flexibility index (Phi) is 3.52. The maximum absolute atomic E-state index is 14.3. The number of rotatable bonds is 3. The lowest BCUT2D eigenvalue weighted by atomic mass is 10.0. The van der Waals surface area contributed by atoms with Crippen molar-refractivity contribution in [2.75, 3.05) is 5.73 Å². The molecule has 1 aromatic carbocycles. The monoisotopic (exact) mass is 272 g/mol. The van der Waals surface area contributed by atoms with Crippen LogP contribution in [0.4, 0.5) is 10.1 Å². The third-order valence-electron chi connectivity index (χ3n) is 2.94. The Morgan fingerprint density at radius 2 is 2.00 bits per heavy atom. The summed E-state index contributed by atoms with van der Waals surface area (Å²) in [5.41, 5.74) is 6.47. The SMILES string of the molecule is C=Cc1c(C(=O)O)nc(-c2ccc(C)cc2)c(F)c1N. The number of pyridine rings is 1. The van der Waals surface area contributed by atoms with Crippen molar-refractivity contribution in [1.29, 1.82) is 0 Å². The molecule has 1 aromatic heterocycles. The van der Waals surface area contributed by atoms with E-state index in [1.54, 1.807) is 24.3 Å². The van der Waals surface area contributed by atoms with Crippen molar-refractivity contribution in [2.45, 2.75) is 6.92 Å². The first-order chi connectivity index (χ1) is 9.45. The highest BCUT2D eigenvalue weighted by atomic mass is 19.1. The zero-order valence-electron chi connectivity index (χ0n) is 10.9. The maximum Gasteiger partial charge on any atom is 0.355 e. The van der Waals surface area contributed by atoms with Crippen molar-refractivity contribution in [3.8, 4) is 11.3 Å². The average molecular weight is 272 g/mol. The van der Waals surface area contributed by atoms with Gasteiger partial charge in [-0.1, -0.05) is 42.5 Å². The van der Waals surface area contributed by atoms with E-state index in [2.05, 4.69) is 11.6 Å². The normalized spacial score (nSPS) is 10.3. The molecule has 0 unspecified atom stereocenters. The molecule has 0 fully saturated rings. The van der Waals surface area contributed by atoms with Gasteiger partial charge in [0.15, 0.2) is 11.5 Å². The van der Waals surface area contributed by atoms with Crippen LogP contribution in [0.25, 0.3) is 17.3 Å². The average Bonchev–Trinajstić information content (AvgIpc) is 2.42. The van der Waals surface area contributed by atoms with Crippen LogP contribution in [0.15, 0.2) is 30.8 Å². The molecule has 20 heavy (non-hydrogen) atoms. The van der Waals surface area contributed by atoms with Gasteiger partial charge in [-0.3, -0.25) is 0 Å². The fraction of sp³-hybridized carbons (Fsp3) is 0.0667. The molecular formula is C15H13FN2O2. The van der Waals surface area contributed by atoms with Gasteiger partial charge in [-0.15, -0.1) is 0 Å². The lowest BCUT2D eigenvalue weighted by molar-refractivity contribution is 0.0690. The summed E-state index contributed by atoms with van der Waals surface area (Å²) in [5.74, 6) is -2.02. The van der Waals surface area contributed by atoms with E-state index >= 15 is 0 Å². The Labute approximate surface area is 115 Å². The number of nitrogen functional groups attached to an aromatic ring is 1. The quantitative estimate of drug-likeness (QED) is 0.900. The minimum Gasteiger partial charge on any atom is -0.476 e. The van der Waals surface area contributed by atoms with E-state index in [4.69, 9.17) is 10.8 Å². The third kappa shape index (κ3) is 2.25. The largest absolute Gasteiger partial charge is 0.476 e. The molecule has 102 valence electrons. The molecule has 0 saturated heterocycles. The molecule has 2 rings (SSSR count). The fourth-order valence-electron chi connectivity index (χ4n) is 1.87. The second-order valence-corrected chi connectivity index (χ2v) is 4.33. The Hall–Kier alpha value is -2.69. The number of halogens is 1. The van der Waals surface area contributed by atoms with E-state index in [9.17, 15) is 9.18 Å². The molecule has 0 aliphatic heterocycles. The highest BCUT2D eigenvalue weighted by Gasteiger charge is 2.21. The van der Waals surface area contributed by atoms with Gasteiger partial charge in [0.2, 0.25) is 0 Å². The molecule has 0 spiro atoms. The zero-order valence-corrected chi connectivity index (χ0v) is 10.9. The van der Waals surface area contributed by atoms with Crippen LogP contribution in [0.1, 0.15) is 21.6 Å². The van der Waals surface area contributed by atoms with Crippen LogP contribution in [0, 0.1) is 12.7 Å². The second kappa shape index (κ2) is 5.13. The molecular weight excluding hydrogens is 259 g/mol. The minimum absolute atomic E-state index is 0.00846. The molecule has 4 nitrogen and oxygen atoms in total. The summed E-state index contributed by atoms with van der Waals surface area (Å²) in [5, 5.41) is 9.14. The number of hydrogen-bond acceptors (Lipinski definition) is 3. The maximum atomic E-state index is 14.3. The predicted molar refractivity (Wildman–Crippen MR) is 75.8 cm³/mol. The molecule has 0 bridgehead atoms. The van der Waals surface area contributed by atoms with Crippen molar-refractivity contribution >= 4 is 17.7 Å². The number of benzene rings is 1. The van der Waals surface area contributed by atoms with Crippen LogP contribution in [-0.2, 0) is 0 Å². The first-order valence-electron chi connectivity index (χ1n) is 5.87. The predicted octanol–water partition coefficient (Wildman–Crippen LogP) is 3.12. The van der Waals surface area contributed by atoms with Crippen molar-refractivity contribution in [3.05, 3.63) is 53.5 Å². The molecule has 3 N–H and O–H groups in total. The first-order valence-corrected chi connectivity index (χ1v) is 5.87. The van der Waals surface area contributed by atoms with E-state index in [0.29, 0.717) is 5.56 Å². The van der Waals surface area contributed by atoms with Crippen molar-refractivity contribution < 1.29 is 14.3 Å². The number of carbonyl (C=O) groups is 1. The van der Waals surface area contributed by atoms with Gasteiger partial charge in [0, 0.05) is 11.1 Å². The van der Waals surface area contributed by atoms with Crippen LogP contribution in [-0.4, -0.2) is 16.1 Å². The number of aromatic carboxylic acids is 1. The molecule has 0 atom stereocenters. The molecule has 2 aromatic rings. The minimum atomic E-state index is -1.28. The lowest BCUT2D eigenvalue weighted by Crippen LogP contribution is -2.10. The number of carboxylic acid groups (broad SMARTS) is 1. The molecule has 0 aliphatic rings. The highest BCUT2D eigenvalue weighted by Crippen LogP contribution is 2.29. The number of aromatic nitrogens is 1. The van der Waals surface area contributed by atoms with E-state index < -0.39 is 11.8 Å². The summed E-state index contributed by atoms with van der Waals surface area (Å²) < 4.78 is 14.3. The van der Waals surface area contributed by atoms with Gasteiger partial charge in [-0.25, -0.2) is 14.2 Å². The summed E-state index contributed by atoms with van der Waals surface area (Å²) in [7, 11) is 0. The van der Waals surface area contributed by atoms with E-state index in [0.717, 1.165) is 5.56 Å². The van der Waals surface area contributed by atoms with Crippen LogP contribution in [0.5, 0.6) is 0 Å². The molecule has 0 saturated carbocycles. The molecule has 0 radical (unpaired) electrons. The number of hydrogen-bond donors (Lipinski definition) is 2. The smallest absolute Gasteiger partial charge is 0.355 e. The Balaban J connectivity index is 2.74. The van der Waals surface area contributed by atoms with E-state index in [1.165, 1.54) is 6.08 Å². The number of carboxylic acids is 1. The second-order valence-electron chi connectivity index (χ2n) is 4.33. The third-order valence-corrected chi connectivity index (χ3v) is 2.94. The van der Waals surface area contributed by atoms with Gasteiger partial charge in [-0.05, 0) is 6.92 Å². The number of aryl methyl sites for hydroxylation is 1. The summed E-state index contributed by atoms with van der Waals surface area (Å²) in [6.45, 7) is 5.33. The Morgan fingerprint density at radius 1 is 1.40 bits per heavy atom. The van der Waals surface area contributed by atoms with Crippen molar-refractivity contribution in [1.82, 2.24) is 4.98 Å². The van der Waals surface area contributed by atoms with Gasteiger partial charge in [0.1, 0.15) is 5.69 Å². The zero-order chi connectivity index (χ0) is 14.9. The highest BCUT2D eigenvalue weighted by molar-refractivity contribution is 5.93. The van der Waals surface area contributed by atoms with Crippen LogP contribution >= 0.6 is 0 Å². The Bertz CT molecular complexity index is 694. The van der Waals surface area contributed by atoms with Gasteiger partial charge < -0.3 is 10.8 Å². The van der Waals surface area contributed by atoms with Crippen molar-refractivity contribution in [2.24, 2.45) is 0 Å². The number of nitrogens with two attached hydrogens (primary N) is 1. The number of anilines is 1. The molecule has 0 amide bonds. The van der Waals surface area contributed by atoms with E-state index in [1.807, 2.05) is 6.92 Å². The molecule has 5 heteroatoms. The Morgan fingerprint density at radius 3 is 2.50 bits per heavy atom. The fourth-order valence-corrected chi connectivity index (χ4v) is 1.87. The van der Waals surface area contributed by atoms with Gasteiger partial charge in [0.25, 0.3) is 0 Å². The summed E-state index contributed by atoms with van der Waals surface area (Å²) in [4.78, 5) is 15.1. The van der Waals surface area contributed by atoms with Gasteiger partial charge in [-0.2, -0.15) is 0 Å². The summed E-state index contributed by atoms with van der Waals surface area (Å²) in [6, 6.07) is 6.90. The molecule has 0 aliphatic carbocycles. The van der Waals surface area contributed by atoms with Crippen LogP contribution in [0.2, 0.25) is 0 Å². The van der Waals surface area contributed by atoms with Crippen molar-refractivity contribution in [3.63, 3.8) is 0 Å².